The highest BCUT2D eigenvalue weighted by atomic mass is 19.2. The number of nitrogens with zero attached hydrogens (tertiary/aromatic N) is 3. The number of allylic oxidation sites excluding steroid dienone is 1. The molecule has 0 spiro atoms. The first-order chi connectivity index (χ1) is 10.6. The fourth-order valence-corrected chi connectivity index (χ4v) is 2.74. The number of fused-ring (bicyclic) bond motifs is 1. The monoisotopic (exact) mass is 306 g/mol. The van der Waals surface area contributed by atoms with Crippen LogP contribution in [-0.2, 0) is 6.54 Å². The van der Waals surface area contributed by atoms with E-state index in [1.807, 2.05) is 6.08 Å². The SMILES string of the molecule is NN=C(N)C1NN(Cc2cccc(F)c2F)C2=NC=CCC21. The van der Waals surface area contributed by atoms with Crippen molar-refractivity contribution in [3.63, 3.8) is 0 Å². The second-order valence-electron chi connectivity index (χ2n) is 5.17. The Labute approximate surface area is 126 Å². The molecule has 0 amide bonds. The Balaban J connectivity index is 1.89. The lowest BCUT2D eigenvalue weighted by molar-refractivity contribution is 0.314. The first-order valence-electron chi connectivity index (χ1n) is 6.84. The molecule has 1 aromatic carbocycles. The molecular formula is C14H16F2N6. The topological polar surface area (TPSA) is 92.0 Å². The summed E-state index contributed by atoms with van der Waals surface area (Å²) in [5.74, 6) is 4.43. The van der Waals surface area contributed by atoms with E-state index in [1.165, 1.54) is 12.1 Å². The van der Waals surface area contributed by atoms with Gasteiger partial charge in [0.1, 0.15) is 11.7 Å². The largest absolute Gasteiger partial charge is 0.384 e. The molecule has 1 saturated heterocycles. The Kier molecular flexibility index (Phi) is 3.76. The van der Waals surface area contributed by atoms with Crippen LogP contribution in [0.5, 0.6) is 0 Å². The number of hydrazone groups is 1. The van der Waals surface area contributed by atoms with Gasteiger partial charge < -0.3 is 11.6 Å². The van der Waals surface area contributed by atoms with Gasteiger partial charge in [0.05, 0.1) is 12.6 Å². The summed E-state index contributed by atoms with van der Waals surface area (Å²) in [6, 6.07) is 3.77. The molecule has 0 bridgehead atoms. The van der Waals surface area contributed by atoms with Crippen molar-refractivity contribution in [2.75, 3.05) is 0 Å². The maximum Gasteiger partial charge on any atom is 0.163 e. The molecule has 6 nitrogen and oxygen atoms in total. The zero-order valence-corrected chi connectivity index (χ0v) is 11.7. The highest BCUT2D eigenvalue weighted by molar-refractivity contribution is 5.97. The second kappa shape index (κ2) is 5.72. The van der Waals surface area contributed by atoms with E-state index < -0.39 is 11.6 Å². The third kappa shape index (κ3) is 2.41. The second-order valence-corrected chi connectivity index (χ2v) is 5.17. The van der Waals surface area contributed by atoms with Crippen LogP contribution < -0.4 is 17.0 Å². The van der Waals surface area contributed by atoms with Crippen LogP contribution in [0.4, 0.5) is 8.78 Å². The molecular weight excluding hydrogens is 290 g/mol. The van der Waals surface area contributed by atoms with Crippen molar-refractivity contribution >= 4 is 11.7 Å². The van der Waals surface area contributed by atoms with E-state index in [-0.39, 0.29) is 29.9 Å². The molecule has 116 valence electrons. The smallest absolute Gasteiger partial charge is 0.163 e. The van der Waals surface area contributed by atoms with Crippen LogP contribution in [0.2, 0.25) is 0 Å². The van der Waals surface area contributed by atoms with Crippen LogP contribution >= 0.6 is 0 Å². The molecule has 2 heterocycles. The minimum Gasteiger partial charge on any atom is -0.384 e. The number of nitrogens with one attached hydrogen (secondary N) is 1. The molecule has 8 heteroatoms. The first kappa shape index (κ1) is 14.5. The highest BCUT2D eigenvalue weighted by Gasteiger charge is 2.40. The zero-order chi connectivity index (χ0) is 15.7. The van der Waals surface area contributed by atoms with Gasteiger partial charge in [-0.1, -0.05) is 18.2 Å². The van der Waals surface area contributed by atoms with E-state index in [0.29, 0.717) is 5.84 Å². The normalized spacial score (nSPS) is 24.4. The number of halogens is 2. The zero-order valence-electron chi connectivity index (χ0n) is 11.7. The average molecular weight is 306 g/mol. The summed E-state index contributed by atoms with van der Waals surface area (Å²) in [5, 5.41) is 5.19. The Hall–Kier alpha value is -2.48. The van der Waals surface area contributed by atoms with Crippen molar-refractivity contribution in [1.29, 1.82) is 0 Å². The minimum atomic E-state index is -0.877. The number of hydrogen-bond acceptors (Lipinski definition) is 5. The minimum absolute atomic E-state index is 0.0334. The maximum atomic E-state index is 13.8. The number of amidine groups is 2. The number of hydrazine groups is 1. The van der Waals surface area contributed by atoms with Gasteiger partial charge in [-0.3, -0.25) is 5.01 Å². The van der Waals surface area contributed by atoms with Crippen LogP contribution in [0.1, 0.15) is 12.0 Å². The fourth-order valence-electron chi connectivity index (χ4n) is 2.74. The Bertz CT molecular complexity index is 669. The van der Waals surface area contributed by atoms with Gasteiger partial charge in [-0.2, -0.15) is 5.10 Å². The molecule has 0 saturated carbocycles. The summed E-state index contributed by atoms with van der Waals surface area (Å²) in [7, 11) is 0. The molecule has 2 aliphatic rings. The Morgan fingerprint density at radius 3 is 3.05 bits per heavy atom. The summed E-state index contributed by atoms with van der Waals surface area (Å²) in [4.78, 5) is 4.32. The molecule has 3 rings (SSSR count). The molecule has 1 fully saturated rings. The van der Waals surface area contributed by atoms with Crippen LogP contribution in [0, 0.1) is 17.6 Å². The quantitative estimate of drug-likeness (QED) is 0.334. The molecule has 2 unspecified atom stereocenters. The fraction of sp³-hybridized carbons (Fsp3) is 0.286. The molecule has 2 atom stereocenters. The van der Waals surface area contributed by atoms with Crippen molar-refractivity contribution in [3.05, 3.63) is 47.7 Å². The number of aliphatic imine (C=N–C) groups is 1. The van der Waals surface area contributed by atoms with Gasteiger partial charge in [0.2, 0.25) is 0 Å². The lowest BCUT2D eigenvalue weighted by atomic mass is 9.94. The molecule has 0 radical (unpaired) electrons. The van der Waals surface area contributed by atoms with Crippen molar-refractivity contribution in [2.24, 2.45) is 27.6 Å². The third-order valence-electron chi connectivity index (χ3n) is 3.84. The number of hydrogen-bond donors (Lipinski definition) is 3. The standard InChI is InChI=1S/C14H16F2N6/c15-10-5-1-3-8(11(10)16)7-22-14-9(4-2-6-19-14)12(21-22)13(17)20-18/h1-3,5-6,9,12,21H,4,7,18H2,(H2,17,20). The van der Waals surface area contributed by atoms with Gasteiger partial charge in [-0.05, 0) is 12.5 Å². The lowest BCUT2D eigenvalue weighted by Gasteiger charge is -2.21. The molecule has 2 aliphatic heterocycles. The molecule has 0 aromatic heterocycles. The Morgan fingerprint density at radius 2 is 2.27 bits per heavy atom. The third-order valence-corrected chi connectivity index (χ3v) is 3.84. The number of benzene rings is 1. The van der Waals surface area contributed by atoms with E-state index in [1.54, 1.807) is 11.2 Å². The van der Waals surface area contributed by atoms with E-state index >= 15 is 0 Å². The van der Waals surface area contributed by atoms with E-state index in [9.17, 15) is 8.78 Å². The molecule has 0 aliphatic carbocycles. The van der Waals surface area contributed by atoms with E-state index in [2.05, 4.69) is 15.5 Å². The lowest BCUT2D eigenvalue weighted by Crippen LogP contribution is -2.44. The predicted molar refractivity (Wildman–Crippen MR) is 79.3 cm³/mol. The predicted octanol–water partition coefficient (Wildman–Crippen LogP) is 0.817. The summed E-state index contributed by atoms with van der Waals surface area (Å²) >= 11 is 0. The van der Waals surface area contributed by atoms with Gasteiger partial charge in [-0.25, -0.2) is 19.2 Å². The average Bonchev–Trinajstić information content (AvgIpc) is 2.90. The molecule has 1 aromatic rings. The summed E-state index contributed by atoms with van der Waals surface area (Å²) < 4.78 is 27.2. The van der Waals surface area contributed by atoms with Gasteiger partial charge in [0.25, 0.3) is 0 Å². The van der Waals surface area contributed by atoms with Crippen LogP contribution in [0.3, 0.4) is 0 Å². The van der Waals surface area contributed by atoms with Crippen molar-refractivity contribution in [1.82, 2.24) is 10.4 Å². The van der Waals surface area contributed by atoms with Gasteiger partial charge in [-0.15, -0.1) is 0 Å². The van der Waals surface area contributed by atoms with Crippen LogP contribution in [-0.4, -0.2) is 22.7 Å². The highest BCUT2D eigenvalue weighted by Crippen LogP contribution is 2.26. The van der Waals surface area contributed by atoms with Gasteiger partial charge >= 0.3 is 0 Å². The number of nitrogens with two attached hydrogens (primary N) is 2. The summed E-state index contributed by atoms with van der Waals surface area (Å²) in [5.41, 5.74) is 9.16. The number of rotatable bonds is 3. The van der Waals surface area contributed by atoms with E-state index in [4.69, 9.17) is 11.6 Å². The maximum absolute atomic E-state index is 13.8. The van der Waals surface area contributed by atoms with Crippen molar-refractivity contribution in [3.8, 4) is 0 Å². The van der Waals surface area contributed by atoms with Crippen LogP contribution in [0.15, 0.2) is 40.6 Å². The van der Waals surface area contributed by atoms with E-state index in [0.717, 1.165) is 12.5 Å². The van der Waals surface area contributed by atoms with Crippen molar-refractivity contribution in [2.45, 2.75) is 19.0 Å². The summed E-state index contributed by atoms with van der Waals surface area (Å²) in [6.07, 6.45) is 4.31. The molecule has 5 N–H and O–H groups in total. The van der Waals surface area contributed by atoms with Crippen molar-refractivity contribution < 1.29 is 8.78 Å². The van der Waals surface area contributed by atoms with Crippen LogP contribution in [0.25, 0.3) is 0 Å². The van der Waals surface area contributed by atoms with Gasteiger partial charge in [0.15, 0.2) is 11.6 Å². The molecule has 22 heavy (non-hydrogen) atoms. The summed E-state index contributed by atoms with van der Waals surface area (Å²) in [6.45, 7) is 0.126. The van der Waals surface area contributed by atoms with Gasteiger partial charge in [0, 0.05) is 17.7 Å². The first-order valence-corrected chi connectivity index (χ1v) is 6.84. The Morgan fingerprint density at radius 1 is 1.45 bits per heavy atom.